The second-order valence-corrected chi connectivity index (χ2v) is 4.75. The van der Waals surface area contributed by atoms with Crippen LogP contribution in [0.2, 0.25) is 0 Å². The number of hydrogen-bond donors (Lipinski definition) is 0. The summed E-state index contributed by atoms with van der Waals surface area (Å²) < 4.78 is 10.1. The van der Waals surface area contributed by atoms with Crippen molar-refractivity contribution in [3.05, 3.63) is 30.3 Å². The molecule has 0 spiro atoms. The Morgan fingerprint density at radius 3 is 2.69 bits per heavy atom. The van der Waals surface area contributed by atoms with Crippen LogP contribution in [0.15, 0.2) is 30.3 Å². The summed E-state index contributed by atoms with van der Waals surface area (Å²) in [4.78, 5) is 10.9. The Morgan fingerprint density at radius 2 is 2.06 bits per heavy atom. The van der Waals surface area contributed by atoms with Gasteiger partial charge >= 0.3 is 5.97 Å². The summed E-state index contributed by atoms with van der Waals surface area (Å²) in [5.74, 6) is 1.03. The fourth-order valence-electron chi connectivity index (χ4n) is 1.05. The first-order chi connectivity index (χ1) is 7.72. The van der Waals surface area contributed by atoms with Crippen LogP contribution in [0.25, 0.3) is 0 Å². The third kappa shape index (κ3) is 5.07. The first-order valence-electron chi connectivity index (χ1n) is 5.08. The zero-order valence-corrected chi connectivity index (χ0v) is 10.3. The number of rotatable bonds is 6. The number of esters is 1. The molecule has 3 nitrogen and oxygen atoms in total. The Kier molecular flexibility index (Phi) is 5.78. The standard InChI is InChI=1S/C12H16O3S/c1-10(16-9-12(13)14-2)8-15-11-6-4-3-5-7-11/h3-7,10H,8-9H2,1-2H3. The van der Waals surface area contributed by atoms with Crippen molar-refractivity contribution in [2.75, 3.05) is 19.5 Å². The van der Waals surface area contributed by atoms with Gasteiger partial charge in [-0.2, -0.15) is 0 Å². The van der Waals surface area contributed by atoms with Gasteiger partial charge in [-0.15, -0.1) is 11.8 Å². The average Bonchev–Trinajstić information content (AvgIpc) is 2.34. The van der Waals surface area contributed by atoms with Crippen molar-refractivity contribution in [1.82, 2.24) is 0 Å². The lowest BCUT2D eigenvalue weighted by Crippen LogP contribution is -2.14. The Morgan fingerprint density at radius 1 is 1.38 bits per heavy atom. The van der Waals surface area contributed by atoms with Crippen molar-refractivity contribution < 1.29 is 14.3 Å². The fraction of sp³-hybridized carbons (Fsp3) is 0.417. The van der Waals surface area contributed by atoms with Gasteiger partial charge in [0.25, 0.3) is 0 Å². The van der Waals surface area contributed by atoms with Crippen LogP contribution < -0.4 is 4.74 Å². The van der Waals surface area contributed by atoms with Crippen LogP contribution in [0.5, 0.6) is 5.75 Å². The molecule has 16 heavy (non-hydrogen) atoms. The predicted molar refractivity (Wildman–Crippen MR) is 65.9 cm³/mol. The van der Waals surface area contributed by atoms with E-state index in [0.717, 1.165) is 5.75 Å². The largest absolute Gasteiger partial charge is 0.492 e. The molecule has 0 saturated carbocycles. The van der Waals surface area contributed by atoms with E-state index in [0.29, 0.717) is 12.4 Å². The molecule has 0 aromatic heterocycles. The topological polar surface area (TPSA) is 35.5 Å². The smallest absolute Gasteiger partial charge is 0.315 e. The molecule has 0 aliphatic heterocycles. The molecule has 0 N–H and O–H groups in total. The van der Waals surface area contributed by atoms with E-state index >= 15 is 0 Å². The minimum atomic E-state index is -0.198. The van der Waals surface area contributed by atoms with Crippen molar-refractivity contribution >= 4 is 17.7 Å². The predicted octanol–water partition coefficient (Wildman–Crippen LogP) is 2.36. The third-order valence-corrected chi connectivity index (χ3v) is 3.05. The van der Waals surface area contributed by atoms with Crippen LogP contribution in [0, 0.1) is 0 Å². The van der Waals surface area contributed by atoms with Crippen LogP contribution in [0.4, 0.5) is 0 Å². The molecule has 1 aromatic carbocycles. The number of carbonyl (C=O) groups excluding carboxylic acids is 1. The van der Waals surface area contributed by atoms with Crippen LogP contribution >= 0.6 is 11.8 Å². The first kappa shape index (κ1) is 12.9. The molecule has 1 aromatic rings. The van der Waals surface area contributed by atoms with Crippen molar-refractivity contribution in [3.8, 4) is 5.75 Å². The van der Waals surface area contributed by atoms with E-state index in [2.05, 4.69) is 4.74 Å². The van der Waals surface area contributed by atoms with Crippen LogP contribution in [-0.2, 0) is 9.53 Å². The maximum Gasteiger partial charge on any atom is 0.315 e. The Balaban J connectivity index is 2.20. The number of ether oxygens (including phenoxy) is 2. The van der Waals surface area contributed by atoms with Gasteiger partial charge in [0.1, 0.15) is 5.75 Å². The molecule has 88 valence electrons. The maximum absolute atomic E-state index is 10.9. The summed E-state index contributed by atoms with van der Waals surface area (Å²) >= 11 is 1.53. The van der Waals surface area contributed by atoms with E-state index in [1.54, 1.807) is 0 Å². The minimum Gasteiger partial charge on any atom is -0.492 e. The Bertz CT molecular complexity index is 313. The molecular formula is C12H16O3S. The highest BCUT2D eigenvalue weighted by Gasteiger charge is 2.07. The highest BCUT2D eigenvalue weighted by molar-refractivity contribution is 8.00. The summed E-state index contributed by atoms with van der Waals surface area (Å²) in [7, 11) is 1.40. The zero-order valence-electron chi connectivity index (χ0n) is 9.51. The third-order valence-electron chi connectivity index (χ3n) is 1.94. The van der Waals surface area contributed by atoms with Gasteiger partial charge in [0.2, 0.25) is 0 Å². The second-order valence-electron chi connectivity index (χ2n) is 3.32. The summed E-state index contributed by atoms with van der Waals surface area (Å²) in [6.45, 7) is 2.61. The van der Waals surface area contributed by atoms with Gasteiger partial charge in [-0.1, -0.05) is 18.2 Å². The number of methoxy groups -OCH3 is 1. The lowest BCUT2D eigenvalue weighted by Gasteiger charge is -2.11. The summed E-state index contributed by atoms with van der Waals surface area (Å²) in [6.07, 6.45) is 0. The number of benzene rings is 1. The molecule has 0 saturated heterocycles. The average molecular weight is 240 g/mol. The Labute approximate surface area is 100 Å². The number of thioether (sulfide) groups is 1. The normalized spacial score (nSPS) is 11.9. The monoisotopic (exact) mass is 240 g/mol. The molecule has 0 aliphatic rings. The molecule has 0 radical (unpaired) electrons. The van der Waals surface area contributed by atoms with Gasteiger partial charge in [0.15, 0.2) is 0 Å². The molecule has 4 heteroatoms. The van der Waals surface area contributed by atoms with E-state index in [4.69, 9.17) is 4.74 Å². The van der Waals surface area contributed by atoms with E-state index in [9.17, 15) is 4.79 Å². The zero-order chi connectivity index (χ0) is 11.8. The van der Waals surface area contributed by atoms with Gasteiger partial charge in [-0.3, -0.25) is 4.79 Å². The van der Waals surface area contributed by atoms with Crippen LogP contribution in [-0.4, -0.2) is 30.7 Å². The number of carbonyl (C=O) groups is 1. The van der Waals surface area contributed by atoms with Gasteiger partial charge < -0.3 is 9.47 Å². The lowest BCUT2D eigenvalue weighted by atomic mass is 10.3. The fourth-order valence-corrected chi connectivity index (χ4v) is 1.75. The molecule has 0 heterocycles. The van der Waals surface area contributed by atoms with Gasteiger partial charge in [-0.05, 0) is 19.1 Å². The van der Waals surface area contributed by atoms with E-state index in [1.165, 1.54) is 18.9 Å². The Hall–Kier alpha value is -1.16. The van der Waals surface area contributed by atoms with E-state index in [-0.39, 0.29) is 11.2 Å². The molecule has 1 unspecified atom stereocenters. The molecule has 0 fully saturated rings. The second kappa shape index (κ2) is 7.17. The first-order valence-corrected chi connectivity index (χ1v) is 6.13. The summed E-state index contributed by atoms with van der Waals surface area (Å²) in [5, 5.41) is 0.263. The highest BCUT2D eigenvalue weighted by Crippen LogP contribution is 2.14. The van der Waals surface area contributed by atoms with Gasteiger partial charge in [0.05, 0.1) is 19.5 Å². The van der Waals surface area contributed by atoms with Crippen molar-refractivity contribution in [2.45, 2.75) is 12.2 Å². The van der Waals surface area contributed by atoms with Crippen molar-refractivity contribution in [1.29, 1.82) is 0 Å². The maximum atomic E-state index is 10.9. The van der Waals surface area contributed by atoms with E-state index in [1.807, 2.05) is 37.3 Å². The van der Waals surface area contributed by atoms with Crippen molar-refractivity contribution in [2.24, 2.45) is 0 Å². The quantitative estimate of drug-likeness (QED) is 0.715. The summed E-state index contributed by atoms with van der Waals surface area (Å²) in [5.41, 5.74) is 0. The highest BCUT2D eigenvalue weighted by atomic mass is 32.2. The summed E-state index contributed by atoms with van der Waals surface area (Å²) in [6, 6.07) is 9.64. The van der Waals surface area contributed by atoms with Gasteiger partial charge in [0, 0.05) is 5.25 Å². The molecule has 0 bridgehead atoms. The lowest BCUT2D eigenvalue weighted by molar-refractivity contribution is -0.137. The minimum absolute atomic E-state index is 0.198. The van der Waals surface area contributed by atoms with Crippen LogP contribution in [0.3, 0.4) is 0 Å². The molecule has 0 aliphatic carbocycles. The van der Waals surface area contributed by atoms with E-state index < -0.39 is 0 Å². The molecular weight excluding hydrogens is 224 g/mol. The van der Waals surface area contributed by atoms with Crippen LogP contribution in [0.1, 0.15) is 6.92 Å². The number of para-hydroxylation sites is 1. The van der Waals surface area contributed by atoms with Crippen molar-refractivity contribution in [3.63, 3.8) is 0 Å². The molecule has 1 rings (SSSR count). The number of hydrogen-bond acceptors (Lipinski definition) is 4. The molecule has 0 amide bonds. The SMILES string of the molecule is COC(=O)CSC(C)COc1ccccc1. The van der Waals surface area contributed by atoms with Gasteiger partial charge in [-0.25, -0.2) is 0 Å². The molecule has 1 atom stereocenters.